The molecule has 1 amide bonds. The van der Waals surface area contributed by atoms with E-state index in [2.05, 4.69) is 22.4 Å². The van der Waals surface area contributed by atoms with Crippen molar-refractivity contribution >= 4 is 22.5 Å². The Morgan fingerprint density at radius 2 is 2.11 bits per heavy atom. The van der Waals surface area contributed by atoms with Crippen LogP contribution in [0.2, 0.25) is 0 Å². The third-order valence-electron chi connectivity index (χ3n) is 4.98. The highest BCUT2D eigenvalue weighted by atomic mass is 16.2. The van der Waals surface area contributed by atoms with Crippen LogP contribution in [0.5, 0.6) is 0 Å². The first kappa shape index (κ1) is 17.3. The second-order valence-corrected chi connectivity index (χ2v) is 7.13. The average Bonchev–Trinajstić information content (AvgIpc) is 2.72. The number of amides is 1. The summed E-state index contributed by atoms with van der Waals surface area (Å²) in [5, 5.41) is 5.22. The zero-order chi connectivity index (χ0) is 18.6. The zero-order valence-corrected chi connectivity index (χ0v) is 15.4. The van der Waals surface area contributed by atoms with Gasteiger partial charge in [0.2, 0.25) is 0 Å². The van der Waals surface area contributed by atoms with Gasteiger partial charge in [0, 0.05) is 29.1 Å². The van der Waals surface area contributed by atoms with E-state index in [1.165, 1.54) is 6.42 Å². The number of benzene rings is 1. The lowest BCUT2D eigenvalue weighted by Crippen LogP contribution is -2.22. The van der Waals surface area contributed by atoms with Gasteiger partial charge < -0.3 is 0 Å². The van der Waals surface area contributed by atoms with Gasteiger partial charge in [-0.1, -0.05) is 25.1 Å². The Bertz CT molecular complexity index is 998. The van der Waals surface area contributed by atoms with Gasteiger partial charge in [0.1, 0.15) is 0 Å². The summed E-state index contributed by atoms with van der Waals surface area (Å²) in [5.74, 6) is 0.429. The summed E-state index contributed by atoms with van der Waals surface area (Å²) < 4.78 is 0. The first-order chi connectivity index (χ1) is 13.2. The highest BCUT2D eigenvalue weighted by molar-refractivity contribution is 6.07. The third kappa shape index (κ3) is 3.87. The molecule has 136 valence electrons. The molecule has 1 saturated carbocycles. The van der Waals surface area contributed by atoms with Crippen LogP contribution in [-0.4, -0.2) is 21.6 Å². The second-order valence-electron chi connectivity index (χ2n) is 7.13. The minimum atomic E-state index is -0.204. The minimum absolute atomic E-state index is 0.204. The topological polar surface area (TPSA) is 67.2 Å². The molecule has 1 fully saturated rings. The van der Waals surface area contributed by atoms with Crippen molar-refractivity contribution in [3.63, 3.8) is 0 Å². The fourth-order valence-electron chi connectivity index (χ4n) is 3.58. The summed E-state index contributed by atoms with van der Waals surface area (Å²) in [5.41, 5.74) is 6.81. The summed E-state index contributed by atoms with van der Waals surface area (Å²) >= 11 is 0. The SMILES string of the molecule is CC1CCCC(=NNC(=O)c2cc(-c3cccnc3)nc3ccccc23)C1. The summed E-state index contributed by atoms with van der Waals surface area (Å²) in [6.45, 7) is 2.23. The Morgan fingerprint density at radius 1 is 1.22 bits per heavy atom. The number of hydrogen-bond donors (Lipinski definition) is 1. The fraction of sp³-hybridized carbons (Fsp3) is 0.273. The maximum absolute atomic E-state index is 12.9. The Morgan fingerprint density at radius 3 is 2.93 bits per heavy atom. The van der Waals surface area contributed by atoms with Crippen LogP contribution >= 0.6 is 0 Å². The largest absolute Gasteiger partial charge is 0.272 e. The number of aromatic nitrogens is 2. The number of hydrazone groups is 1. The van der Waals surface area contributed by atoms with Crippen LogP contribution in [0.25, 0.3) is 22.2 Å². The molecule has 2 aromatic heterocycles. The zero-order valence-electron chi connectivity index (χ0n) is 15.4. The van der Waals surface area contributed by atoms with E-state index in [1.807, 2.05) is 42.5 Å². The second kappa shape index (κ2) is 7.66. The summed E-state index contributed by atoms with van der Waals surface area (Å²) in [7, 11) is 0. The van der Waals surface area contributed by atoms with Crippen LogP contribution in [0, 0.1) is 5.92 Å². The lowest BCUT2D eigenvalue weighted by molar-refractivity contribution is 0.0956. The maximum Gasteiger partial charge on any atom is 0.272 e. The van der Waals surface area contributed by atoms with Gasteiger partial charge in [0.25, 0.3) is 5.91 Å². The van der Waals surface area contributed by atoms with E-state index in [0.29, 0.717) is 11.5 Å². The molecular formula is C22H22N4O. The number of para-hydroxylation sites is 1. The molecular weight excluding hydrogens is 336 g/mol. The number of pyridine rings is 2. The van der Waals surface area contributed by atoms with E-state index >= 15 is 0 Å². The predicted octanol–water partition coefficient (Wildman–Crippen LogP) is 4.59. The van der Waals surface area contributed by atoms with Crippen LogP contribution < -0.4 is 5.43 Å². The van der Waals surface area contributed by atoms with Crippen LogP contribution in [0.4, 0.5) is 0 Å². The maximum atomic E-state index is 12.9. The van der Waals surface area contributed by atoms with Crippen molar-refractivity contribution in [2.24, 2.45) is 11.0 Å². The Balaban J connectivity index is 1.69. The fourth-order valence-corrected chi connectivity index (χ4v) is 3.58. The van der Waals surface area contributed by atoms with Crippen LogP contribution in [0.15, 0.2) is 60.0 Å². The van der Waals surface area contributed by atoms with E-state index in [4.69, 9.17) is 4.98 Å². The molecule has 5 heteroatoms. The predicted molar refractivity (Wildman–Crippen MR) is 108 cm³/mol. The van der Waals surface area contributed by atoms with Crippen molar-refractivity contribution in [3.8, 4) is 11.3 Å². The van der Waals surface area contributed by atoms with Gasteiger partial charge >= 0.3 is 0 Å². The Kier molecular flexibility index (Phi) is 4.92. The molecule has 4 rings (SSSR count). The molecule has 0 aliphatic heterocycles. The molecule has 1 aliphatic carbocycles. The first-order valence-electron chi connectivity index (χ1n) is 9.36. The number of carbonyl (C=O) groups is 1. The molecule has 1 atom stereocenters. The van der Waals surface area contributed by atoms with Crippen molar-refractivity contribution in [2.75, 3.05) is 0 Å². The quantitative estimate of drug-likeness (QED) is 0.696. The molecule has 0 radical (unpaired) electrons. The van der Waals surface area contributed by atoms with Crippen molar-refractivity contribution < 1.29 is 4.79 Å². The number of carbonyl (C=O) groups excluding carboxylic acids is 1. The van der Waals surface area contributed by atoms with E-state index in [0.717, 1.165) is 47.1 Å². The Labute approximate surface area is 158 Å². The molecule has 27 heavy (non-hydrogen) atoms. The first-order valence-corrected chi connectivity index (χ1v) is 9.36. The molecule has 1 aliphatic rings. The number of nitrogens with one attached hydrogen (secondary N) is 1. The number of nitrogens with zero attached hydrogens (tertiary/aromatic N) is 3. The number of hydrogen-bond acceptors (Lipinski definition) is 4. The van der Waals surface area contributed by atoms with E-state index < -0.39 is 0 Å². The molecule has 0 bridgehead atoms. The van der Waals surface area contributed by atoms with Crippen LogP contribution in [0.1, 0.15) is 43.0 Å². The van der Waals surface area contributed by atoms with Crippen molar-refractivity contribution in [3.05, 3.63) is 60.4 Å². The average molecular weight is 358 g/mol. The summed E-state index contributed by atoms with van der Waals surface area (Å²) in [6.07, 6.45) is 7.76. The molecule has 2 heterocycles. The van der Waals surface area contributed by atoms with Gasteiger partial charge in [-0.25, -0.2) is 10.4 Å². The van der Waals surface area contributed by atoms with Crippen LogP contribution in [-0.2, 0) is 0 Å². The molecule has 0 saturated heterocycles. The lowest BCUT2D eigenvalue weighted by atomic mass is 9.89. The smallest absolute Gasteiger partial charge is 0.267 e. The van der Waals surface area contributed by atoms with E-state index in [9.17, 15) is 4.79 Å². The van der Waals surface area contributed by atoms with Gasteiger partial charge in [-0.05, 0) is 55.9 Å². The summed E-state index contributed by atoms with van der Waals surface area (Å²) in [6, 6.07) is 13.3. The normalized spacial score (nSPS) is 18.6. The molecule has 1 unspecified atom stereocenters. The van der Waals surface area contributed by atoms with E-state index in [1.54, 1.807) is 12.4 Å². The van der Waals surface area contributed by atoms with Gasteiger partial charge in [0.15, 0.2) is 0 Å². The van der Waals surface area contributed by atoms with E-state index in [-0.39, 0.29) is 5.91 Å². The molecule has 1 N–H and O–H groups in total. The highest BCUT2D eigenvalue weighted by Crippen LogP contribution is 2.25. The third-order valence-corrected chi connectivity index (χ3v) is 4.98. The highest BCUT2D eigenvalue weighted by Gasteiger charge is 2.16. The number of rotatable bonds is 3. The molecule has 1 aromatic carbocycles. The minimum Gasteiger partial charge on any atom is -0.267 e. The van der Waals surface area contributed by atoms with Gasteiger partial charge in [-0.2, -0.15) is 5.10 Å². The lowest BCUT2D eigenvalue weighted by Gasteiger charge is -2.19. The standard InChI is InChI=1S/C22H22N4O/c1-15-6-4-8-17(12-15)25-26-22(27)19-13-21(16-7-5-11-23-14-16)24-20-10-3-2-9-18(19)20/h2-3,5,7,9-11,13-15H,4,6,8,12H2,1H3,(H,26,27). The number of fused-ring (bicyclic) bond motifs is 1. The summed E-state index contributed by atoms with van der Waals surface area (Å²) in [4.78, 5) is 21.8. The van der Waals surface area contributed by atoms with Crippen molar-refractivity contribution in [1.82, 2.24) is 15.4 Å². The van der Waals surface area contributed by atoms with Gasteiger partial charge in [0.05, 0.1) is 16.8 Å². The Hall–Kier alpha value is -3.08. The van der Waals surface area contributed by atoms with Crippen molar-refractivity contribution in [2.45, 2.75) is 32.6 Å². The molecule has 5 nitrogen and oxygen atoms in total. The van der Waals surface area contributed by atoms with Crippen LogP contribution in [0.3, 0.4) is 0 Å². The van der Waals surface area contributed by atoms with Gasteiger partial charge in [-0.3, -0.25) is 9.78 Å². The molecule has 3 aromatic rings. The van der Waals surface area contributed by atoms with Gasteiger partial charge in [-0.15, -0.1) is 0 Å². The monoisotopic (exact) mass is 358 g/mol. The van der Waals surface area contributed by atoms with Crippen molar-refractivity contribution in [1.29, 1.82) is 0 Å². The molecule has 0 spiro atoms.